The van der Waals surface area contributed by atoms with Crippen molar-refractivity contribution in [3.05, 3.63) is 30.4 Å². The molecule has 0 radical (unpaired) electrons. The summed E-state index contributed by atoms with van der Waals surface area (Å²) in [4.78, 5) is 0.213. The highest BCUT2D eigenvalue weighted by molar-refractivity contribution is 7.89. The maximum Gasteiger partial charge on any atom is 0.242 e. The van der Waals surface area contributed by atoms with Crippen LogP contribution in [-0.4, -0.2) is 32.9 Å². The molecule has 0 saturated heterocycles. The van der Waals surface area contributed by atoms with Crippen LogP contribution in [0.3, 0.4) is 0 Å². The van der Waals surface area contributed by atoms with Gasteiger partial charge >= 0.3 is 0 Å². The molecular weight excluding hydrogens is 262 g/mol. The van der Waals surface area contributed by atoms with Gasteiger partial charge in [0.05, 0.1) is 16.3 Å². The van der Waals surface area contributed by atoms with Gasteiger partial charge in [0.2, 0.25) is 10.0 Å². The maximum absolute atomic E-state index is 12.0. The molecule has 19 heavy (non-hydrogen) atoms. The van der Waals surface area contributed by atoms with Crippen LogP contribution in [0.25, 0.3) is 0 Å². The molecule has 6 heteroatoms. The van der Waals surface area contributed by atoms with Gasteiger partial charge in [0.1, 0.15) is 0 Å². The molecule has 0 atom stereocenters. The summed E-state index contributed by atoms with van der Waals surface area (Å²) in [6.07, 6.45) is 6.19. The van der Waals surface area contributed by atoms with Crippen molar-refractivity contribution < 1.29 is 8.42 Å². The van der Waals surface area contributed by atoms with E-state index in [1.165, 1.54) is 24.5 Å². The molecule has 0 amide bonds. The molecule has 2 rings (SSSR count). The quantitative estimate of drug-likeness (QED) is 0.650. The van der Waals surface area contributed by atoms with Gasteiger partial charge in [-0.1, -0.05) is 12.2 Å². The summed E-state index contributed by atoms with van der Waals surface area (Å²) < 4.78 is 25.1. The largest absolute Gasteiger partial charge is 0.397 e. The second kappa shape index (κ2) is 5.22. The number of hydrogen-bond donors (Lipinski definition) is 2. The van der Waals surface area contributed by atoms with E-state index in [1.807, 2.05) is 0 Å². The third-order valence-electron chi connectivity index (χ3n) is 3.17. The number of rotatable bonds is 4. The first kappa shape index (κ1) is 13.9. The smallest absolute Gasteiger partial charge is 0.242 e. The van der Waals surface area contributed by atoms with Gasteiger partial charge in [0.15, 0.2) is 0 Å². The van der Waals surface area contributed by atoms with E-state index in [0.29, 0.717) is 11.7 Å². The van der Waals surface area contributed by atoms with Crippen molar-refractivity contribution in [1.82, 2.24) is 4.31 Å². The minimum Gasteiger partial charge on any atom is -0.397 e. The second-order valence-electron chi connectivity index (χ2n) is 4.82. The number of nitrogens with two attached hydrogens (primary N) is 1. The zero-order chi connectivity index (χ0) is 14.0. The Hall–Kier alpha value is -1.53. The van der Waals surface area contributed by atoms with Crippen molar-refractivity contribution >= 4 is 21.4 Å². The van der Waals surface area contributed by atoms with Gasteiger partial charge < -0.3 is 11.1 Å². The van der Waals surface area contributed by atoms with E-state index in [1.54, 1.807) is 12.1 Å². The highest BCUT2D eigenvalue weighted by Crippen LogP contribution is 2.26. The zero-order valence-electron chi connectivity index (χ0n) is 11.1. The molecule has 5 nitrogen and oxygen atoms in total. The van der Waals surface area contributed by atoms with Crippen LogP contribution in [0.1, 0.15) is 12.8 Å². The number of benzene rings is 1. The highest BCUT2D eigenvalue weighted by Gasteiger charge is 2.19. The van der Waals surface area contributed by atoms with E-state index >= 15 is 0 Å². The Bertz CT molecular complexity index is 586. The van der Waals surface area contributed by atoms with Crippen molar-refractivity contribution in [2.75, 3.05) is 25.1 Å². The fourth-order valence-corrected chi connectivity index (χ4v) is 2.94. The van der Waals surface area contributed by atoms with Crippen LogP contribution in [0, 0.1) is 0 Å². The van der Waals surface area contributed by atoms with Crippen LogP contribution in [0.2, 0.25) is 0 Å². The van der Waals surface area contributed by atoms with Gasteiger partial charge in [-0.2, -0.15) is 0 Å². The number of nitrogens with one attached hydrogen (secondary N) is 1. The molecule has 0 aromatic heterocycles. The Morgan fingerprint density at radius 1 is 1.26 bits per heavy atom. The van der Waals surface area contributed by atoms with Crippen LogP contribution in [0.15, 0.2) is 35.2 Å². The lowest BCUT2D eigenvalue weighted by atomic mass is 10.2. The minimum absolute atomic E-state index is 0.213. The highest BCUT2D eigenvalue weighted by atomic mass is 32.2. The fourth-order valence-electron chi connectivity index (χ4n) is 2.00. The first-order valence-corrected chi connectivity index (χ1v) is 7.59. The van der Waals surface area contributed by atoms with Crippen molar-refractivity contribution in [2.45, 2.75) is 23.8 Å². The number of nitrogens with zero attached hydrogens (tertiary/aromatic N) is 1. The standard InChI is InChI=1S/C13H19N3O2S/c1-16(2)19(17,18)11-7-8-13(12(14)9-11)15-10-5-3-4-6-10/h3-4,7-10,15H,5-6,14H2,1-2H3. The molecular formula is C13H19N3O2S. The zero-order valence-corrected chi connectivity index (χ0v) is 11.9. The molecule has 104 valence electrons. The molecule has 0 unspecified atom stereocenters. The predicted octanol–water partition coefficient (Wildman–Crippen LogP) is 1.65. The third-order valence-corrected chi connectivity index (χ3v) is 4.98. The molecule has 3 N–H and O–H groups in total. The average molecular weight is 281 g/mol. The molecule has 1 aromatic carbocycles. The summed E-state index contributed by atoms with van der Waals surface area (Å²) in [7, 11) is -0.426. The SMILES string of the molecule is CN(C)S(=O)(=O)c1ccc(NC2CC=CC2)c(N)c1. The Morgan fingerprint density at radius 3 is 2.42 bits per heavy atom. The van der Waals surface area contributed by atoms with Crippen LogP contribution in [-0.2, 0) is 10.0 Å². The lowest BCUT2D eigenvalue weighted by molar-refractivity contribution is 0.521. The third kappa shape index (κ3) is 2.90. The van der Waals surface area contributed by atoms with E-state index in [2.05, 4.69) is 17.5 Å². The molecule has 0 saturated carbocycles. The van der Waals surface area contributed by atoms with E-state index in [-0.39, 0.29) is 4.90 Å². The molecule has 0 aliphatic heterocycles. The van der Waals surface area contributed by atoms with Crippen LogP contribution >= 0.6 is 0 Å². The number of hydrogen-bond acceptors (Lipinski definition) is 4. The maximum atomic E-state index is 12.0. The molecule has 0 spiro atoms. The Balaban J connectivity index is 2.22. The van der Waals surface area contributed by atoms with Gasteiger partial charge in [0.25, 0.3) is 0 Å². The summed E-state index contributed by atoms with van der Waals surface area (Å²) in [5.41, 5.74) is 7.17. The lowest BCUT2D eigenvalue weighted by Gasteiger charge is -2.17. The van der Waals surface area contributed by atoms with Gasteiger partial charge in [-0.25, -0.2) is 12.7 Å². The number of anilines is 2. The Morgan fingerprint density at radius 2 is 1.89 bits per heavy atom. The summed E-state index contributed by atoms with van der Waals surface area (Å²) in [5.74, 6) is 0. The van der Waals surface area contributed by atoms with Gasteiger partial charge in [0, 0.05) is 20.1 Å². The lowest BCUT2D eigenvalue weighted by Crippen LogP contribution is -2.22. The Labute approximate surface area is 114 Å². The molecule has 0 heterocycles. The average Bonchev–Trinajstić information content (AvgIpc) is 2.84. The summed E-state index contributed by atoms with van der Waals surface area (Å²) in [6.45, 7) is 0. The van der Waals surface area contributed by atoms with E-state index in [0.717, 1.165) is 18.5 Å². The summed E-state index contributed by atoms with van der Waals surface area (Å²) in [5, 5.41) is 3.32. The van der Waals surface area contributed by atoms with E-state index in [4.69, 9.17) is 5.73 Å². The van der Waals surface area contributed by atoms with Crippen molar-refractivity contribution in [3.8, 4) is 0 Å². The van der Waals surface area contributed by atoms with Crippen LogP contribution < -0.4 is 11.1 Å². The van der Waals surface area contributed by atoms with Gasteiger partial charge in [-0.3, -0.25) is 0 Å². The number of nitrogen functional groups attached to an aromatic ring is 1. The normalized spacial score (nSPS) is 16.2. The number of sulfonamides is 1. The van der Waals surface area contributed by atoms with Gasteiger partial charge in [-0.15, -0.1) is 0 Å². The van der Waals surface area contributed by atoms with Crippen molar-refractivity contribution in [3.63, 3.8) is 0 Å². The molecule has 1 aliphatic rings. The van der Waals surface area contributed by atoms with Crippen LogP contribution in [0.4, 0.5) is 11.4 Å². The van der Waals surface area contributed by atoms with E-state index < -0.39 is 10.0 Å². The van der Waals surface area contributed by atoms with Gasteiger partial charge in [-0.05, 0) is 31.0 Å². The predicted molar refractivity (Wildman–Crippen MR) is 77.5 cm³/mol. The molecule has 0 fully saturated rings. The second-order valence-corrected chi connectivity index (χ2v) is 6.97. The monoisotopic (exact) mass is 281 g/mol. The van der Waals surface area contributed by atoms with Crippen molar-refractivity contribution in [1.29, 1.82) is 0 Å². The Kier molecular flexibility index (Phi) is 3.82. The fraction of sp³-hybridized carbons (Fsp3) is 0.385. The summed E-state index contributed by atoms with van der Waals surface area (Å²) >= 11 is 0. The first-order chi connectivity index (χ1) is 8.91. The topological polar surface area (TPSA) is 75.4 Å². The van der Waals surface area contributed by atoms with Crippen molar-refractivity contribution in [2.24, 2.45) is 0 Å². The minimum atomic E-state index is -3.43. The molecule has 1 aliphatic carbocycles. The first-order valence-electron chi connectivity index (χ1n) is 6.15. The van der Waals surface area contributed by atoms with Crippen LogP contribution in [0.5, 0.6) is 0 Å². The molecule has 1 aromatic rings. The summed E-state index contributed by atoms with van der Waals surface area (Å²) in [6, 6.07) is 5.15. The van der Waals surface area contributed by atoms with E-state index in [9.17, 15) is 8.42 Å². The molecule has 0 bridgehead atoms.